The Morgan fingerprint density at radius 2 is 2.24 bits per heavy atom. The van der Waals surface area contributed by atoms with Gasteiger partial charge in [0.05, 0.1) is 18.6 Å². The summed E-state index contributed by atoms with van der Waals surface area (Å²) in [5.74, 6) is 0.899. The molecule has 114 valence electrons. The average molecular weight is 292 g/mol. The van der Waals surface area contributed by atoms with Crippen molar-refractivity contribution in [2.75, 3.05) is 13.2 Å². The van der Waals surface area contributed by atoms with Crippen molar-refractivity contribution < 1.29 is 18.5 Å². The van der Waals surface area contributed by atoms with Crippen molar-refractivity contribution in [1.82, 2.24) is 10.5 Å². The molecule has 0 aromatic carbocycles. The van der Waals surface area contributed by atoms with E-state index in [4.69, 9.17) is 13.7 Å². The average Bonchev–Trinajstić information content (AvgIpc) is 3.08. The van der Waals surface area contributed by atoms with Gasteiger partial charge in [0.15, 0.2) is 0 Å². The summed E-state index contributed by atoms with van der Waals surface area (Å²) in [6.07, 6.45) is 1.57. The molecule has 2 aromatic rings. The Bertz CT molecular complexity index is 560. The molecule has 0 aliphatic carbocycles. The van der Waals surface area contributed by atoms with Crippen molar-refractivity contribution in [3.63, 3.8) is 0 Å². The first kappa shape index (κ1) is 15.3. The Hall–Kier alpha value is -2.08. The fourth-order valence-corrected chi connectivity index (χ4v) is 1.81. The highest BCUT2D eigenvalue weighted by atomic mass is 16.5. The molecule has 2 aromatic heterocycles. The second-order valence-electron chi connectivity index (χ2n) is 5.31. The van der Waals surface area contributed by atoms with Gasteiger partial charge in [0.1, 0.15) is 11.8 Å². The quantitative estimate of drug-likeness (QED) is 0.849. The van der Waals surface area contributed by atoms with Crippen LogP contribution in [0.2, 0.25) is 0 Å². The van der Waals surface area contributed by atoms with Gasteiger partial charge in [-0.05, 0) is 25.0 Å². The minimum Gasteiger partial charge on any atom is -0.467 e. The highest BCUT2D eigenvalue weighted by Gasteiger charge is 2.21. The van der Waals surface area contributed by atoms with Gasteiger partial charge in [-0.25, -0.2) is 0 Å². The summed E-state index contributed by atoms with van der Waals surface area (Å²) in [7, 11) is 0. The van der Waals surface area contributed by atoms with E-state index in [0.29, 0.717) is 30.6 Å². The molecule has 1 N–H and O–H groups in total. The first-order chi connectivity index (χ1) is 10.1. The minimum atomic E-state index is -0.364. The number of hydrogen-bond donors (Lipinski definition) is 1. The van der Waals surface area contributed by atoms with E-state index in [2.05, 4.69) is 24.3 Å². The largest absolute Gasteiger partial charge is 0.467 e. The summed E-state index contributed by atoms with van der Waals surface area (Å²) >= 11 is 0. The SMILES string of the molecule is Cc1cc(C(=O)N[C@@H](COCC(C)C)c2ccco2)on1. The second-order valence-corrected chi connectivity index (χ2v) is 5.31. The van der Waals surface area contributed by atoms with Crippen molar-refractivity contribution in [3.05, 3.63) is 41.7 Å². The van der Waals surface area contributed by atoms with Crippen LogP contribution in [0.15, 0.2) is 33.4 Å². The standard InChI is InChI=1S/C15H20N2O4/c1-10(2)8-19-9-12(13-5-4-6-20-13)16-15(18)14-7-11(3)17-21-14/h4-7,10,12H,8-9H2,1-3H3,(H,16,18)/t12-/m0/s1. The van der Waals surface area contributed by atoms with Crippen molar-refractivity contribution in [2.45, 2.75) is 26.8 Å². The van der Waals surface area contributed by atoms with Crippen LogP contribution in [0.1, 0.15) is 41.9 Å². The number of nitrogens with zero attached hydrogens (tertiary/aromatic N) is 1. The summed E-state index contributed by atoms with van der Waals surface area (Å²) in [5, 5.41) is 6.53. The van der Waals surface area contributed by atoms with Gasteiger partial charge in [-0.15, -0.1) is 0 Å². The van der Waals surface area contributed by atoms with Crippen LogP contribution in [0.3, 0.4) is 0 Å². The van der Waals surface area contributed by atoms with E-state index >= 15 is 0 Å². The number of carbonyl (C=O) groups is 1. The number of furan rings is 1. The lowest BCUT2D eigenvalue weighted by Gasteiger charge is -2.16. The molecule has 0 saturated carbocycles. The maximum atomic E-state index is 12.1. The number of carbonyl (C=O) groups excluding carboxylic acids is 1. The minimum absolute atomic E-state index is 0.174. The van der Waals surface area contributed by atoms with Gasteiger partial charge in [0.2, 0.25) is 5.76 Å². The molecule has 2 rings (SSSR count). The lowest BCUT2D eigenvalue weighted by atomic mass is 10.2. The summed E-state index contributed by atoms with van der Waals surface area (Å²) in [5.41, 5.74) is 0.658. The van der Waals surface area contributed by atoms with E-state index < -0.39 is 0 Å². The molecule has 0 spiro atoms. The fourth-order valence-electron chi connectivity index (χ4n) is 1.81. The van der Waals surface area contributed by atoms with E-state index in [9.17, 15) is 4.79 Å². The molecule has 6 nitrogen and oxygen atoms in total. The lowest BCUT2D eigenvalue weighted by molar-refractivity contribution is 0.0710. The zero-order chi connectivity index (χ0) is 15.2. The molecule has 0 fully saturated rings. The van der Waals surface area contributed by atoms with Gasteiger partial charge in [-0.3, -0.25) is 4.79 Å². The summed E-state index contributed by atoms with van der Waals surface area (Å²) in [4.78, 5) is 12.1. The third-order valence-electron chi connectivity index (χ3n) is 2.78. The predicted octanol–water partition coefficient (Wildman–Crippen LogP) is 2.72. The van der Waals surface area contributed by atoms with E-state index in [-0.39, 0.29) is 17.7 Å². The van der Waals surface area contributed by atoms with Gasteiger partial charge in [0, 0.05) is 12.7 Å². The molecule has 0 aliphatic heterocycles. The van der Waals surface area contributed by atoms with Crippen molar-refractivity contribution >= 4 is 5.91 Å². The van der Waals surface area contributed by atoms with Gasteiger partial charge in [-0.1, -0.05) is 19.0 Å². The van der Waals surface area contributed by atoms with Crippen LogP contribution in [-0.2, 0) is 4.74 Å². The molecule has 0 radical (unpaired) electrons. The zero-order valence-corrected chi connectivity index (χ0v) is 12.5. The van der Waals surface area contributed by atoms with Crippen LogP contribution in [0.5, 0.6) is 0 Å². The lowest BCUT2D eigenvalue weighted by Crippen LogP contribution is -2.31. The highest BCUT2D eigenvalue weighted by Crippen LogP contribution is 2.15. The molecule has 1 amide bonds. The highest BCUT2D eigenvalue weighted by molar-refractivity contribution is 5.91. The summed E-state index contributed by atoms with van der Waals surface area (Å²) in [6.45, 7) is 6.85. The summed E-state index contributed by atoms with van der Waals surface area (Å²) in [6, 6.07) is 4.80. The smallest absolute Gasteiger partial charge is 0.290 e. The third kappa shape index (κ3) is 4.46. The first-order valence-corrected chi connectivity index (χ1v) is 6.91. The van der Waals surface area contributed by atoms with Crippen LogP contribution in [-0.4, -0.2) is 24.3 Å². The van der Waals surface area contributed by atoms with Crippen molar-refractivity contribution in [2.24, 2.45) is 5.92 Å². The van der Waals surface area contributed by atoms with Crippen LogP contribution >= 0.6 is 0 Å². The normalized spacial score (nSPS) is 12.6. The van der Waals surface area contributed by atoms with Crippen LogP contribution < -0.4 is 5.32 Å². The van der Waals surface area contributed by atoms with Gasteiger partial charge in [-0.2, -0.15) is 0 Å². The molecule has 0 saturated heterocycles. The van der Waals surface area contributed by atoms with Crippen LogP contribution in [0, 0.1) is 12.8 Å². The Kier molecular flexibility index (Phi) is 5.16. The van der Waals surface area contributed by atoms with E-state index in [1.54, 1.807) is 31.4 Å². The Balaban J connectivity index is 2.00. The molecule has 0 unspecified atom stereocenters. The Morgan fingerprint density at radius 1 is 1.43 bits per heavy atom. The third-order valence-corrected chi connectivity index (χ3v) is 2.78. The molecule has 2 heterocycles. The molecule has 6 heteroatoms. The van der Waals surface area contributed by atoms with E-state index in [0.717, 1.165) is 0 Å². The van der Waals surface area contributed by atoms with E-state index in [1.807, 2.05) is 0 Å². The van der Waals surface area contributed by atoms with Crippen molar-refractivity contribution in [1.29, 1.82) is 0 Å². The maximum absolute atomic E-state index is 12.1. The second kappa shape index (κ2) is 7.08. The molecule has 0 aliphatic rings. The number of aromatic nitrogens is 1. The van der Waals surface area contributed by atoms with E-state index in [1.165, 1.54) is 0 Å². The number of amides is 1. The topological polar surface area (TPSA) is 77.5 Å². The Labute approximate surface area is 123 Å². The molecule has 0 bridgehead atoms. The fraction of sp³-hybridized carbons (Fsp3) is 0.467. The number of nitrogens with one attached hydrogen (secondary N) is 1. The predicted molar refractivity (Wildman–Crippen MR) is 75.8 cm³/mol. The van der Waals surface area contributed by atoms with Crippen LogP contribution in [0.4, 0.5) is 0 Å². The molecule has 1 atom stereocenters. The zero-order valence-electron chi connectivity index (χ0n) is 12.5. The number of hydrogen-bond acceptors (Lipinski definition) is 5. The van der Waals surface area contributed by atoms with Crippen molar-refractivity contribution in [3.8, 4) is 0 Å². The van der Waals surface area contributed by atoms with Crippen LogP contribution in [0.25, 0.3) is 0 Å². The number of aryl methyl sites for hydroxylation is 1. The molecular weight excluding hydrogens is 272 g/mol. The monoisotopic (exact) mass is 292 g/mol. The molecule has 21 heavy (non-hydrogen) atoms. The number of ether oxygens (including phenoxy) is 1. The van der Waals surface area contributed by atoms with Gasteiger partial charge < -0.3 is 19.0 Å². The molecular formula is C15H20N2O4. The van der Waals surface area contributed by atoms with Gasteiger partial charge in [0.25, 0.3) is 5.91 Å². The van der Waals surface area contributed by atoms with Gasteiger partial charge >= 0.3 is 0 Å². The Morgan fingerprint density at radius 3 is 2.81 bits per heavy atom. The number of rotatable bonds is 7. The summed E-state index contributed by atoms with van der Waals surface area (Å²) < 4.78 is 15.9. The maximum Gasteiger partial charge on any atom is 0.290 e. The first-order valence-electron chi connectivity index (χ1n) is 6.91.